The number of rotatable bonds is 2. The van der Waals surface area contributed by atoms with Crippen molar-refractivity contribution in [2.45, 2.75) is 17.8 Å². The van der Waals surface area contributed by atoms with E-state index >= 15 is 0 Å². The molecule has 0 aliphatic carbocycles. The summed E-state index contributed by atoms with van der Waals surface area (Å²) in [6.45, 7) is -0.428. The van der Waals surface area contributed by atoms with Gasteiger partial charge in [0, 0.05) is 29.7 Å². The summed E-state index contributed by atoms with van der Waals surface area (Å²) in [5, 5.41) is -1.75. The number of halogens is 5. The molecule has 21 heavy (non-hydrogen) atoms. The molecule has 116 valence electrons. The second-order valence-corrected chi connectivity index (χ2v) is 7.48. The smallest absolute Gasteiger partial charge is 0.279 e. The zero-order valence-corrected chi connectivity index (χ0v) is 12.3. The Labute approximate surface area is 126 Å². The van der Waals surface area contributed by atoms with Crippen molar-refractivity contribution in [3.63, 3.8) is 0 Å². The fraction of sp³-hybridized carbons (Fsp3) is 0.444. The van der Waals surface area contributed by atoms with Crippen LogP contribution in [0.2, 0.25) is 5.15 Å². The van der Waals surface area contributed by atoms with Gasteiger partial charge < -0.3 is 0 Å². The van der Waals surface area contributed by atoms with E-state index in [-0.39, 0.29) is 0 Å². The van der Waals surface area contributed by atoms with Gasteiger partial charge in [-0.3, -0.25) is 9.69 Å². The lowest BCUT2D eigenvalue weighted by atomic mass is 10.4. The van der Waals surface area contributed by atoms with E-state index in [1.807, 2.05) is 0 Å². The molecule has 0 aromatic carbocycles. The number of carbonyl (C=O) groups is 1. The van der Waals surface area contributed by atoms with Crippen LogP contribution in [0.3, 0.4) is 0 Å². The minimum absolute atomic E-state index is 0.428. The Bertz CT molecular complexity index is 695. The molecule has 0 saturated carbocycles. The van der Waals surface area contributed by atoms with Gasteiger partial charge in [-0.1, -0.05) is 11.6 Å². The van der Waals surface area contributed by atoms with Gasteiger partial charge in [0.25, 0.3) is 0 Å². The summed E-state index contributed by atoms with van der Waals surface area (Å²) in [5.74, 6) is -1.36. The summed E-state index contributed by atoms with van der Waals surface area (Å²) in [6.07, 6.45) is -5.23. The molecule has 1 aliphatic rings. The number of alkyl halides is 3. The summed E-state index contributed by atoms with van der Waals surface area (Å²) in [4.78, 5) is 19.1. The summed E-state index contributed by atoms with van der Waals surface area (Å²) in [6, 6.07) is 0.501. The first-order valence-corrected chi connectivity index (χ1v) is 8.09. The third-order valence-electron chi connectivity index (χ3n) is 2.70. The Morgan fingerprint density at radius 3 is 2.43 bits per heavy atom. The highest BCUT2D eigenvalue weighted by Crippen LogP contribution is 2.31. The monoisotopic (exact) mass is 363 g/mol. The zero-order chi connectivity index (χ0) is 16.0. The summed E-state index contributed by atoms with van der Waals surface area (Å²) in [5.41, 5.74) is -1.33. The van der Waals surface area contributed by atoms with Gasteiger partial charge >= 0.3 is 6.18 Å². The number of anilines is 1. The normalized spacial score (nSPS) is 20.1. The Hall–Kier alpha value is -1.13. The number of hydrogen-bond acceptors (Lipinski definition) is 5. The maximum absolute atomic E-state index is 12.6. The molecule has 1 aliphatic heterocycles. The molecule has 6 nitrogen and oxygen atoms in total. The molecular weight excluding hydrogens is 358 g/mol. The molecule has 0 spiro atoms. The molecule has 1 fully saturated rings. The molecule has 0 N–H and O–H groups in total. The van der Waals surface area contributed by atoms with Crippen LogP contribution in [0.5, 0.6) is 0 Å². The third kappa shape index (κ3) is 3.55. The standard InChI is InChI=1S/C9H6Cl2F3N3O3S/c10-6-2-5(9(12,13)14)15-8(16-6)17-3-4(1-7(17)18)21(11,19)20/h2,4H,1,3H2. The van der Waals surface area contributed by atoms with Crippen LogP contribution in [0.1, 0.15) is 12.1 Å². The second kappa shape index (κ2) is 5.25. The van der Waals surface area contributed by atoms with Crippen molar-refractivity contribution >= 4 is 43.2 Å². The summed E-state index contributed by atoms with van der Waals surface area (Å²) in [7, 11) is 1.11. The highest BCUT2D eigenvalue weighted by molar-refractivity contribution is 8.14. The molecule has 1 unspecified atom stereocenters. The van der Waals surface area contributed by atoms with Crippen LogP contribution >= 0.6 is 22.3 Å². The molecule has 1 atom stereocenters. The molecular formula is C9H6Cl2F3N3O3S. The first-order chi connectivity index (χ1) is 9.48. The summed E-state index contributed by atoms with van der Waals surface area (Å²) < 4.78 is 60.3. The lowest BCUT2D eigenvalue weighted by Gasteiger charge is -2.15. The molecule has 1 aromatic rings. The van der Waals surface area contributed by atoms with E-state index in [0.717, 1.165) is 0 Å². The SMILES string of the molecule is O=C1CC(S(=O)(=O)Cl)CN1c1nc(Cl)cc(C(F)(F)F)n1. The summed E-state index contributed by atoms with van der Waals surface area (Å²) >= 11 is 5.48. The van der Waals surface area contributed by atoms with Crippen LogP contribution in [0.4, 0.5) is 19.1 Å². The van der Waals surface area contributed by atoms with Gasteiger partial charge in [-0.05, 0) is 0 Å². The van der Waals surface area contributed by atoms with Gasteiger partial charge in [0.15, 0.2) is 5.69 Å². The third-order valence-corrected chi connectivity index (χ3v) is 4.76. The van der Waals surface area contributed by atoms with Crippen LogP contribution in [0.25, 0.3) is 0 Å². The van der Waals surface area contributed by atoms with E-state index in [0.29, 0.717) is 11.0 Å². The van der Waals surface area contributed by atoms with Crippen LogP contribution in [-0.4, -0.2) is 36.1 Å². The fourth-order valence-electron chi connectivity index (χ4n) is 1.73. The average Bonchev–Trinajstić information content (AvgIpc) is 2.69. The number of carbonyl (C=O) groups excluding carboxylic acids is 1. The second-order valence-electron chi connectivity index (χ2n) is 4.18. The maximum atomic E-state index is 12.6. The Morgan fingerprint density at radius 1 is 1.33 bits per heavy atom. The molecule has 1 amide bonds. The average molecular weight is 364 g/mol. The van der Waals surface area contributed by atoms with Crippen molar-refractivity contribution in [1.82, 2.24) is 9.97 Å². The quantitative estimate of drug-likeness (QED) is 0.591. The first-order valence-electron chi connectivity index (χ1n) is 5.34. The van der Waals surface area contributed by atoms with Crippen LogP contribution in [0.15, 0.2) is 6.07 Å². The number of hydrogen-bond donors (Lipinski definition) is 0. The zero-order valence-electron chi connectivity index (χ0n) is 9.93. The molecule has 0 bridgehead atoms. The number of nitrogens with zero attached hydrogens (tertiary/aromatic N) is 3. The van der Waals surface area contributed by atoms with Gasteiger partial charge in [0.2, 0.25) is 20.9 Å². The van der Waals surface area contributed by atoms with Crippen LogP contribution in [0, 0.1) is 0 Å². The molecule has 2 rings (SSSR count). The molecule has 2 heterocycles. The van der Waals surface area contributed by atoms with Crippen molar-refractivity contribution in [1.29, 1.82) is 0 Å². The van der Waals surface area contributed by atoms with E-state index in [9.17, 15) is 26.4 Å². The van der Waals surface area contributed by atoms with Gasteiger partial charge in [-0.25, -0.2) is 18.4 Å². The topological polar surface area (TPSA) is 80.2 Å². The van der Waals surface area contributed by atoms with Gasteiger partial charge in [-0.2, -0.15) is 13.2 Å². The molecule has 12 heteroatoms. The van der Waals surface area contributed by atoms with Gasteiger partial charge in [0.1, 0.15) is 10.4 Å². The van der Waals surface area contributed by atoms with E-state index in [1.165, 1.54) is 0 Å². The number of aromatic nitrogens is 2. The van der Waals surface area contributed by atoms with Crippen molar-refractivity contribution in [2.24, 2.45) is 0 Å². The van der Waals surface area contributed by atoms with Gasteiger partial charge in [-0.15, -0.1) is 0 Å². The number of amides is 1. The maximum Gasteiger partial charge on any atom is 0.433 e. The van der Waals surface area contributed by atoms with Gasteiger partial charge in [0.05, 0.1) is 0 Å². The lowest BCUT2D eigenvalue weighted by molar-refractivity contribution is -0.141. The van der Waals surface area contributed by atoms with E-state index in [4.69, 9.17) is 22.3 Å². The van der Waals surface area contributed by atoms with E-state index in [1.54, 1.807) is 0 Å². The van der Waals surface area contributed by atoms with Crippen molar-refractivity contribution in [3.05, 3.63) is 16.9 Å². The predicted octanol–water partition coefficient (Wildman–Crippen LogP) is 1.82. The Morgan fingerprint density at radius 2 is 1.95 bits per heavy atom. The lowest BCUT2D eigenvalue weighted by Crippen LogP contribution is -2.29. The minimum Gasteiger partial charge on any atom is -0.279 e. The molecule has 0 radical (unpaired) electrons. The largest absolute Gasteiger partial charge is 0.433 e. The van der Waals surface area contributed by atoms with Crippen molar-refractivity contribution < 1.29 is 26.4 Å². The molecule has 1 aromatic heterocycles. The van der Waals surface area contributed by atoms with Crippen molar-refractivity contribution in [3.8, 4) is 0 Å². The fourth-order valence-corrected chi connectivity index (χ4v) is 2.93. The highest BCUT2D eigenvalue weighted by Gasteiger charge is 2.40. The Balaban J connectivity index is 2.39. The van der Waals surface area contributed by atoms with E-state index in [2.05, 4.69) is 9.97 Å². The molecule has 1 saturated heterocycles. The Kier molecular flexibility index (Phi) is 4.06. The highest BCUT2D eigenvalue weighted by atomic mass is 35.7. The predicted molar refractivity (Wildman–Crippen MR) is 67.6 cm³/mol. The van der Waals surface area contributed by atoms with E-state index < -0.39 is 56.1 Å². The first kappa shape index (κ1) is 16.2. The minimum atomic E-state index is -4.78. The van der Waals surface area contributed by atoms with Crippen LogP contribution < -0.4 is 4.90 Å². The van der Waals surface area contributed by atoms with Crippen molar-refractivity contribution in [2.75, 3.05) is 11.4 Å². The van der Waals surface area contributed by atoms with Crippen LogP contribution in [-0.2, 0) is 20.0 Å².